The highest BCUT2D eigenvalue weighted by Gasteiger charge is 2.58. The third-order valence-electron chi connectivity index (χ3n) is 7.59. The Hall–Kier alpha value is -3.05. The van der Waals surface area contributed by atoms with Crippen LogP contribution in [0.1, 0.15) is 53.2 Å². The van der Waals surface area contributed by atoms with E-state index in [1.54, 1.807) is 19.2 Å². The van der Waals surface area contributed by atoms with E-state index < -0.39 is 26.5 Å². The van der Waals surface area contributed by atoms with E-state index in [4.69, 9.17) is 0 Å². The number of carbonyl (C=O) groups excluding carboxylic acids is 1. The minimum atomic E-state index is -4.38. The normalized spacial score (nSPS) is 17.6. The van der Waals surface area contributed by atoms with Crippen molar-refractivity contribution in [1.29, 1.82) is 0 Å². The molecule has 0 saturated heterocycles. The molecule has 7 nitrogen and oxygen atoms in total. The Morgan fingerprint density at radius 2 is 1.89 bits per heavy atom. The molecule has 204 valence electrons. The quantitative estimate of drug-likeness (QED) is 0.408. The van der Waals surface area contributed by atoms with Crippen molar-refractivity contribution in [2.24, 2.45) is 0 Å². The van der Waals surface area contributed by atoms with E-state index in [0.29, 0.717) is 55.7 Å². The van der Waals surface area contributed by atoms with Gasteiger partial charge in [0.2, 0.25) is 10.0 Å². The van der Waals surface area contributed by atoms with Crippen molar-refractivity contribution in [1.82, 2.24) is 15.2 Å². The van der Waals surface area contributed by atoms with Crippen LogP contribution < -0.4 is 14.9 Å². The molecular weight excluding hydrogens is 517 g/mol. The number of rotatable bonds is 8. The van der Waals surface area contributed by atoms with E-state index in [1.807, 2.05) is 23.8 Å². The monoisotopic (exact) mass is 548 g/mol. The molecule has 38 heavy (non-hydrogen) atoms. The van der Waals surface area contributed by atoms with Crippen LogP contribution in [0.5, 0.6) is 0 Å². The van der Waals surface area contributed by atoms with E-state index in [1.165, 1.54) is 10.4 Å². The minimum absolute atomic E-state index is 0.289. The predicted octanol–water partition coefficient (Wildman–Crippen LogP) is 4.44. The van der Waals surface area contributed by atoms with Crippen LogP contribution in [-0.2, 0) is 35.7 Å². The average molecular weight is 549 g/mol. The standard InChI is InChI=1S/C27H31F3N4O3S/c1-3-19-16-34-17-26(8-9-26)38(36,37)33(2)23-14-20(13-22(19)24(23)34)25(35)32-11-5-10-31-15-18-6-4-7-21(12-18)27(28,29)30/h4,6-7,12-14,16,31H,3,5,8-11,15,17H2,1-2H3,(H,32,35). The molecule has 1 aliphatic heterocycles. The number of hydrogen-bond donors (Lipinski definition) is 2. The van der Waals surface area contributed by atoms with Crippen molar-refractivity contribution in [3.05, 3.63) is 64.8 Å². The smallest absolute Gasteiger partial charge is 0.352 e. The molecule has 1 saturated carbocycles. The van der Waals surface area contributed by atoms with Gasteiger partial charge in [-0.05, 0) is 61.6 Å². The fraction of sp³-hybridized carbons (Fsp3) is 0.444. The number of sulfonamides is 1. The van der Waals surface area contributed by atoms with E-state index in [9.17, 15) is 26.4 Å². The first-order valence-electron chi connectivity index (χ1n) is 12.8. The molecule has 0 unspecified atom stereocenters. The third-order valence-corrected chi connectivity index (χ3v) is 10.1. The number of hydrogen-bond acceptors (Lipinski definition) is 4. The van der Waals surface area contributed by atoms with Gasteiger partial charge < -0.3 is 15.2 Å². The number of aromatic nitrogens is 1. The summed E-state index contributed by atoms with van der Waals surface area (Å²) >= 11 is 0. The summed E-state index contributed by atoms with van der Waals surface area (Å²) in [5.41, 5.74) is 2.67. The first-order valence-corrected chi connectivity index (χ1v) is 14.2. The van der Waals surface area contributed by atoms with Gasteiger partial charge in [-0.15, -0.1) is 0 Å². The van der Waals surface area contributed by atoms with Crippen LogP contribution in [0.3, 0.4) is 0 Å². The van der Waals surface area contributed by atoms with Crippen LogP contribution in [0.4, 0.5) is 18.9 Å². The van der Waals surface area contributed by atoms with Crippen molar-refractivity contribution in [2.45, 2.75) is 56.6 Å². The number of benzene rings is 2. The molecule has 0 atom stereocenters. The molecule has 1 spiro atoms. The molecule has 1 fully saturated rings. The summed E-state index contributed by atoms with van der Waals surface area (Å²) < 4.78 is 67.9. The molecule has 2 N–H and O–H groups in total. The fourth-order valence-corrected chi connectivity index (χ4v) is 7.14. The van der Waals surface area contributed by atoms with Crippen molar-refractivity contribution in [3.8, 4) is 0 Å². The molecule has 5 rings (SSSR count). The van der Waals surface area contributed by atoms with Gasteiger partial charge in [-0.2, -0.15) is 13.2 Å². The van der Waals surface area contributed by atoms with Crippen molar-refractivity contribution in [2.75, 3.05) is 24.4 Å². The Bertz CT molecular complexity index is 1490. The highest BCUT2D eigenvalue weighted by Crippen LogP contribution is 2.51. The van der Waals surface area contributed by atoms with Gasteiger partial charge in [-0.3, -0.25) is 9.10 Å². The molecule has 11 heteroatoms. The number of alkyl halides is 3. The summed E-state index contributed by atoms with van der Waals surface area (Å²) in [5.74, 6) is -0.299. The summed E-state index contributed by atoms with van der Waals surface area (Å²) in [4.78, 5) is 13.0. The zero-order valence-electron chi connectivity index (χ0n) is 21.4. The van der Waals surface area contributed by atoms with Gasteiger partial charge in [-0.1, -0.05) is 25.1 Å². The Morgan fingerprint density at radius 1 is 1.13 bits per heavy atom. The summed E-state index contributed by atoms with van der Waals surface area (Å²) in [5, 5.41) is 6.87. The first-order chi connectivity index (χ1) is 18.0. The molecule has 2 heterocycles. The second-order valence-electron chi connectivity index (χ2n) is 10.2. The van der Waals surface area contributed by atoms with Crippen LogP contribution in [0, 0.1) is 0 Å². The van der Waals surface area contributed by atoms with E-state index >= 15 is 0 Å². The van der Waals surface area contributed by atoms with Crippen LogP contribution in [0.2, 0.25) is 0 Å². The van der Waals surface area contributed by atoms with Gasteiger partial charge in [0.05, 0.1) is 16.8 Å². The zero-order valence-corrected chi connectivity index (χ0v) is 22.2. The Kier molecular flexibility index (Phi) is 6.71. The number of halogens is 3. The molecule has 3 aromatic rings. The highest BCUT2D eigenvalue weighted by molar-refractivity contribution is 7.94. The number of nitrogens with zero attached hydrogens (tertiary/aromatic N) is 2. The average Bonchev–Trinajstić information content (AvgIpc) is 3.60. The maximum Gasteiger partial charge on any atom is 0.416 e. The summed E-state index contributed by atoms with van der Waals surface area (Å²) in [6.07, 6.45) is 0.233. The van der Waals surface area contributed by atoms with Gasteiger partial charge in [0, 0.05) is 43.8 Å². The van der Waals surface area contributed by atoms with Crippen LogP contribution >= 0.6 is 0 Å². The second kappa shape index (κ2) is 9.60. The maximum absolute atomic E-state index is 13.4. The van der Waals surface area contributed by atoms with Gasteiger partial charge >= 0.3 is 6.18 Å². The van der Waals surface area contributed by atoms with Crippen molar-refractivity contribution in [3.63, 3.8) is 0 Å². The van der Waals surface area contributed by atoms with E-state index in [0.717, 1.165) is 35.0 Å². The summed E-state index contributed by atoms with van der Waals surface area (Å²) in [6.45, 7) is 3.61. The topological polar surface area (TPSA) is 83.4 Å². The molecule has 1 aromatic heterocycles. The lowest BCUT2D eigenvalue weighted by atomic mass is 10.1. The highest BCUT2D eigenvalue weighted by atomic mass is 32.2. The van der Waals surface area contributed by atoms with E-state index in [-0.39, 0.29) is 12.5 Å². The summed E-state index contributed by atoms with van der Waals surface area (Å²) in [6, 6.07) is 8.67. The largest absolute Gasteiger partial charge is 0.416 e. The Morgan fingerprint density at radius 3 is 2.58 bits per heavy atom. The molecule has 0 bridgehead atoms. The molecule has 2 aromatic carbocycles. The predicted molar refractivity (Wildman–Crippen MR) is 141 cm³/mol. The van der Waals surface area contributed by atoms with Crippen LogP contribution in [0.15, 0.2) is 42.6 Å². The second-order valence-corrected chi connectivity index (χ2v) is 12.5. The lowest BCUT2D eigenvalue weighted by molar-refractivity contribution is -0.137. The Labute approximate surface area is 220 Å². The first kappa shape index (κ1) is 26.6. The van der Waals surface area contributed by atoms with E-state index in [2.05, 4.69) is 10.6 Å². The number of anilines is 1. The molecule has 0 radical (unpaired) electrons. The van der Waals surface area contributed by atoms with Gasteiger partial charge in [-0.25, -0.2) is 8.42 Å². The number of nitrogens with one attached hydrogen (secondary N) is 2. The van der Waals surface area contributed by atoms with Gasteiger partial charge in [0.1, 0.15) is 4.75 Å². The van der Waals surface area contributed by atoms with Gasteiger partial charge in [0.15, 0.2) is 0 Å². The molecular formula is C27H31F3N4O3S. The SMILES string of the molecule is CCc1cn2c3c(cc(C(=O)NCCCNCc4cccc(C(F)(F)F)c4)cc13)N(C)S(=O)(=O)C1(CC1)C2. The van der Waals surface area contributed by atoms with Crippen LogP contribution in [-0.4, -0.2) is 43.8 Å². The number of amides is 1. The molecule has 1 amide bonds. The maximum atomic E-state index is 13.4. The zero-order chi connectivity index (χ0) is 27.3. The number of aryl methyl sites for hydroxylation is 1. The number of carbonyl (C=O) groups is 1. The third kappa shape index (κ3) is 4.66. The lowest BCUT2D eigenvalue weighted by Crippen LogP contribution is -2.38. The van der Waals surface area contributed by atoms with Crippen molar-refractivity contribution >= 4 is 32.5 Å². The Balaban J connectivity index is 1.24. The minimum Gasteiger partial charge on any atom is -0.352 e. The molecule has 2 aliphatic rings. The van der Waals surface area contributed by atoms with Crippen LogP contribution in [0.25, 0.3) is 10.9 Å². The van der Waals surface area contributed by atoms with Gasteiger partial charge in [0.25, 0.3) is 5.91 Å². The van der Waals surface area contributed by atoms with Crippen molar-refractivity contribution < 1.29 is 26.4 Å². The molecule has 1 aliphatic carbocycles. The fourth-order valence-electron chi connectivity index (χ4n) is 5.24. The lowest BCUT2D eigenvalue weighted by Gasteiger charge is -2.23. The summed E-state index contributed by atoms with van der Waals surface area (Å²) in [7, 11) is -2.00.